The third kappa shape index (κ3) is 6.22. The molecule has 3 aromatic carbocycles. The van der Waals surface area contributed by atoms with Crippen molar-refractivity contribution in [2.45, 2.75) is 24.7 Å². The molecule has 1 aliphatic heterocycles. The van der Waals surface area contributed by atoms with Gasteiger partial charge in [-0.15, -0.1) is 0 Å². The van der Waals surface area contributed by atoms with Crippen molar-refractivity contribution in [1.82, 2.24) is 9.62 Å². The van der Waals surface area contributed by atoms with E-state index in [9.17, 15) is 8.42 Å². The maximum absolute atomic E-state index is 12.7. The van der Waals surface area contributed by atoms with E-state index in [0.29, 0.717) is 17.6 Å². The molecule has 1 saturated heterocycles. The van der Waals surface area contributed by atoms with Gasteiger partial charge in [0.25, 0.3) is 0 Å². The Kier molecular flexibility index (Phi) is 8.44. The average molecular weight is 556 g/mol. The highest BCUT2D eigenvalue weighted by Crippen LogP contribution is 2.37. The number of nitrogens with zero attached hydrogens (tertiary/aromatic N) is 1. The molecule has 0 bridgehead atoms. The van der Waals surface area contributed by atoms with Crippen LogP contribution in [0.4, 0.5) is 0 Å². The molecule has 0 amide bonds. The number of piperidine rings is 1. The standard InChI is InChI=1S/C28H31BrN2O3S/c1-21-8-7-9-23(20-21)28(24-10-3-5-12-26(24)34-2)22-14-17-31(18-15-22)19-16-30-35(32,33)27-13-6-4-11-25(27)29/h3-13,20,30H,14-19H2,1-2H3. The summed E-state index contributed by atoms with van der Waals surface area (Å²) in [7, 11) is -1.83. The lowest BCUT2D eigenvalue weighted by Gasteiger charge is -2.30. The van der Waals surface area contributed by atoms with Gasteiger partial charge >= 0.3 is 0 Å². The van der Waals surface area contributed by atoms with Gasteiger partial charge < -0.3 is 9.64 Å². The maximum atomic E-state index is 12.7. The molecule has 0 aromatic heterocycles. The fourth-order valence-corrected chi connectivity index (χ4v) is 6.60. The van der Waals surface area contributed by atoms with Crippen molar-refractivity contribution in [3.05, 3.63) is 99.5 Å². The van der Waals surface area contributed by atoms with Crippen molar-refractivity contribution in [2.24, 2.45) is 0 Å². The van der Waals surface area contributed by atoms with Gasteiger partial charge in [-0.3, -0.25) is 0 Å². The van der Waals surface area contributed by atoms with Gasteiger partial charge in [-0.1, -0.05) is 65.7 Å². The van der Waals surface area contributed by atoms with Crippen LogP contribution in [0.2, 0.25) is 0 Å². The van der Waals surface area contributed by atoms with Crippen molar-refractivity contribution in [3.63, 3.8) is 0 Å². The molecule has 0 atom stereocenters. The predicted octanol–water partition coefficient (Wildman–Crippen LogP) is 5.64. The first-order valence-electron chi connectivity index (χ1n) is 11.8. The smallest absolute Gasteiger partial charge is 0.241 e. The molecule has 1 fully saturated rings. The molecule has 35 heavy (non-hydrogen) atoms. The van der Waals surface area contributed by atoms with Crippen LogP contribution in [-0.2, 0) is 10.0 Å². The SMILES string of the molecule is COc1ccccc1C(=C1CCN(CCNS(=O)(=O)c2ccccc2Br)CC1)c1cccc(C)c1. The minimum Gasteiger partial charge on any atom is -0.496 e. The predicted molar refractivity (Wildman–Crippen MR) is 145 cm³/mol. The second-order valence-corrected chi connectivity index (χ2v) is 11.3. The first-order valence-corrected chi connectivity index (χ1v) is 14.1. The van der Waals surface area contributed by atoms with Crippen molar-refractivity contribution >= 4 is 31.5 Å². The normalized spacial score (nSPS) is 14.7. The number of nitrogens with one attached hydrogen (secondary N) is 1. The Morgan fingerprint density at radius 1 is 1.00 bits per heavy atom. The summed E-state index contributed by atoms with van der Waals surface area (Å²) in [5, 5.41) is 0. The van der Waals surface area contributed by atoms with E-state index < -0.39 is 10.0 Å². The molecule has 0 unspecified atom stereocenters. The molecule has 0 aliphatic carbocycles. The Labute approximate surface area is 217 Å². The molecule has 184 valence electrons. The lowest BCUT2D eigenvalue weighted by atomic mass is 9.87. The highest BCUT2D eigenvalue weighted by molar-refractivity contribution is 9.10. The van der Waals surface area contributed by atoms with Crippen LogP contribution in [0, 0.1) is 6.92 Å². The monoisotopic (exact) mass is 554 g/mol. The molecule has 1 aliphatic rings. The van der Waals surface area contributed by atoms with Crippen molar-refractivity contribution in [2.75, 3.05) is 33.3 Å². The van der Waals surface area contributed by atoms with Crippen molar-refractivity contribution in [3.8, 4) is 5.75 Å². The van der Waals surface area contributed by atoms with Gasteiger partial charge in [0.05, 0.1) is 12.0 Å². The summed E-state index contributed by atoms with van der Waals surface area (Å²) in [6.45, 7) is 4.93. The number of sulfonamides is 1. The third-order valence-corrected chi connectivity index (χ3v) is 8.82. The van der Waals surface area contributed by atoms with E-state index in [0.717, 1.165) is 37.2 Å². The summed E-state index contributed by atoms with van der Waals surface area (Å²) < 4.78 is 34.3. The molecule has 3 aromatic rings. The summed E-state index contributed by atoms with van der Waals surface area (Å²) in [5.41, 5.74) is 6.21. The molecule has 0 saturated carbocycles. The minimum atomic E-state index is -3.55. The number of ether oxygens (including phenoxy) is 1. The molecular formula is C28H31BrN2O3S. The molecule has 7 heteroatoms. The van der Waals surface area contributed by atoms with Crippen LogP contribution in [0.25, 0.3) is 5.57 Å². The van der Waals surface area contributed by atoms with Gasteiger partial charge in [0.15, 0.2) is 0 Å². The van der Waals surface area contributed by atoms with Gasteiger partial charge in [0, 0.05) is 36.2 Å². The zero-order valence-electron chi connectivity index (χ0n) is 20.1. The number of hydrogen-bond donors (Lipinski definition) is 1. The summed E-state index contributed by atoms with van der Waals surface area (Å²) in [5.74, 6) is 0.875. The Morgan fingerprint density at radius 2 is 1.71 bits per heavy atom. The minimum absolute atomic E-state index is 0.267. The first-order chi connectivity index (χ1) is 16.9. The number of para-hydroxylation sites is 1. The quantitative estimate of drug-likeness (QED) is 0.391. The van der Waals surface area contributed by atoms with E-state index in [1.54, 1.807) is 31.4 Å². The van der Waals surface area contributed by atoms with E-state index in [1.807, 2.05) is 12.1 Å². The van der Waals surface area contributed by atoms with Gasteiger partial charge in [-0.05, 0) is 65.0 Å². The molecule has 1 N–H and O–H groups in total. The topological polar surface area (TPSA) is 58.6 Å². The van der Waals surface area contributed by atoms with E-state index in [2.05, 4.69) is 68.9 Å². The number of halogens is 1. The molecule has 0 radical (unpaired) electrons. The average Bonchev–Trinajstić information content (AvgIpc) is 2.85. The summed E-state index contributed by atoms with van der Waals surface area (Å²) in [6, 6.07) is 23.7. The zero-order valence-corrected chi connectivity index (χ0v) is 22.5. The number of benzene rings is 3. The van der Waals surface area contributed by atoms with Crippen LogP contribution >= 0.6 is 15.9 Å². The second kappa shape index (κ2) is 11.5. The summed E-state index contributed by atoms with van der Waals surface area (Å²) in [6.07, 6.45) is 1.86. The van der Waals surface area contributed by atoms with Gasteiger partial charge in [0.1, 0.15) is 5.75 Å². The van der Waals surface area contributed by atoms with Crippen LogP contribution in [-0.4, -0.2) is 46.6 Å². The molecule has 5 nitrogen and oxygen atoms in total. The van der Waals surface area contributed by atoms with E-state index >= 15 is 0 Å². The number of hydrogen-bond acceptors (Lipinski definition) is 4. The van der Waals surface area contributed by atoms with E-state index in [-0.39, 0.29) is 4.90 Å². The Bertz CT molecular complexity index is 1310. The molecule has 0 spiro atoms. The third-order valence-electron chi connectivity index (χ3n) is 6.34. The number of methoxy groups -OCH3 is 1. The van der Waals surface area contributed by atoms with Crippen LogP contribution in [0.3, 0.4) is 0 Å². The molecular weight excluding hydrogens is 524 g/mol. The lowest BCUT2D eigenvalue weighted by Crippen LogP contribution is -2.38. The van der Waals surface area contributed by atoms with E-state index in [1.165, 1.54) is 22.3 Å². The molecule has 4 rings (SSSR count). The second-order valence-electron chi connectivity index (χ2n) is 8.72. The highest BCUT2D eigenvalue weighted by atomic mass is 79.9. The number of rotatable bonds is 8. The maximum Gasteiger partial charge on any atom is 0.241 e. The fourth-order valence-electron chi connectivity index (χ4n) is 4.58. The van der Waals surface area contributed by atoms with E-state index in [4.69, 9.17) is 4.74 Å². The van der Waals surface area contributed by atoms with Crippen LogP contribution in [0.15, 0.2) is 87.7 Å². The van der Waals surface area contributed by atoms with Gasteiger partial charge in [-0.25, -0.2) is 13.1 Å². The fraction of sp³-hybridized carbons (Fsp3) is 0.286. The van der Waals surface area contributed by atoms with Crippen LogP contribution in [0.1, 0.15) is 29.5 Å². The summed E-state index contributed by atoms with van der Waals surface area (Å²) in [4.78, 5) is 2.59. The Morgan fingerprint density at radius 3 is 2.43 bits per heavy atom. The zero-order chi connectivity index (χ0) is 24.8. The first kappa shape index (κ1) is 25.6. The highest BCUT2D eigenvalue weighted by Gasteiger charge is 2.22. The number of aryl methyl sites for hydroxylation is 1. The Balaban J connectivity index is 1.48. The summed E-state index contributed by atoms with van der Waals surface area (Å²) >= 11 is 3.33. The van der Waals surface area contributed by atoms with Gasteiger partial charge in [0.2, 0.25) is 10.0 Å². The number of likely N-dealkylation sites (tertiary alicyclic amines) is 1. The van der Waals surface area contributed by atoms with Crippen molar-refractivity contribution in [1.29, 1.82) is 0 Å². The van der Waals surface area contributed by atoms with Crippen LogP contribution < -0.4 is 9.46 Å². The Hall–Kier alpha value is -2.45. The van der Waals surface area contributed by atoms with Crippen molar-refractivity contribution < 1.29 is 13.2 Å². The van der Waals surface area contributed by atoms with Crippen LogP contribution in [0.5, 0.6) is 5.75 Å². The largest absolute Gasteiger partial charge is 0.496 e. The molecule has 1 heterocycles. The van der Waals surface area contributed by atoms with Gasteiger partial charge in [-0.2, -0.15) is 0 Å². The lowest BCUT2D eigenvalue weighted by molar-refractivity contribution is 0.261.